The molecule has 0 bridgehead atoms. The predicted octanol–water partition coefficient (Wildman–Crippen LogP) is 3.24. The summed E-state index contributed by atoms with van der Waals surface area (Å²) in [4.78, 5) is 15.6. The van der Waals surface area contributed by atoms with Crippen LogP contribution < -0.4 is 5.32 Å². The van der Waals surface area contributed by atoms with Crippen molar-refractivity contribution in [3.8, 4) is 0 Å². The molecule has 1 heterocycles. The molecule has 2 rings (SSSR count). The molecule has 1 aromatic heterocycles. The number of pyridine rings is 1. The molecule has 0 atom stereocenters. The Morgan fingerprint density at radius 2 is 1.94 bits per heavy atom. The SMILES string of the molecule is O=C(Nc1ccncc1)c1ccc(Br)cc1F. The maximum absolute atomic E-state index is 13.5. The number of carbonyl (C=O) groups is 1. The average Bonchev–Trinajstić information content (AvgIpc) is 2.30. The maximum Gasteiger partial charge on any atom is 0.258 e. The van der Waals surface area contributed by atoms with Crippen LogP contribution in [0.5, 0.6) is 0 Å². The molecule has 1 aromatic carbocycles. The molecule has 17 heavy (non-hydrogen) atoms. The molecule has 0 fully saturated rings. The van der Waals surface area contributed by atoms with Crippen molar-refractivity contribution >= 4 is 27.5 Å². The average molecular weight is 295 g/mol. The molecule has 0 aliphatic rings. The summed E-state index contributed by atoms with van der Waals surface area (Å²) in [6.45, 7) is 0. The van der Waals surface area contributed by atoms with Crippen LogP contribution in [0.3, 0.4) is 0 Å². The van der Waals surface area contributed by atoms with E-state index in [1.165, 1.54) is 12.1 Å². The van der Waals surface area contributed by atoms with E-state index in [0.717, 1.165) is 0 Å². The number of nitrogens with zero attached hydrogens (tertiary/aromatic N) is 1. The zero-order chi connectivity index (χ0) is 12.3. The van der Waals surface area contributed by atoms with Crippen LogP contribution in [0.15, 0.2) is 47.2 Å². The van der Waals surface area contributed by atoms with Gasteiger partial charge in [-0.1, -0.05) is 15.9 Å². The van der Waals surface area contributed by atoms with Gasteiger partial charge in [0.2, 0.25) is 0 Å². The lowest BCUT2D eigenvalue weighted by Crippen LogP contribution is -2.13. The van der Waals surface area contributed by atoms with E-state index in [4.69, 9.17) is 0 Å². The molecule has 0 saturated carbocycles. The van der Waals surface area contributed by atoms with Crippen LogP contribution in [-0.4, -0.2) is 10.9 Å². The van der Waals surface area contributed by atoms with E-state index in [1.54, 1.807) is 30.6 Å². The first kappa shape index (κ1) is 11.7. The van der Waals surface area contributed by atoms with Gasteiger partial charge in [0, 0.05) is 22.6 Å². The molecule has 5 heteroatoms. The summed E-state index contributed by atoms with van der Waals surface area (Å²) in [6.07, 6.45) is 3.10. The molecule has 1 amide bonds. The first-order valence-electron chi connectivity index (χ1n) is 4.83. The minimum atomic E-state index is -0.564. The number of aromatic nitrogens is 1. The van der Waals surface area contributed by atoms with Crippen LogP contribution in [0.25, 0.3) is 0 Å². The van der Waals surface area contributed by atoms with Crippen molar-refractivity contribution in [2.24, 2.45) is 0 Å². The second-order valence-corrected chi connectivity index (χ2v) is 4.23. The van der Waals surface area contributed by atoms with Crippen molar-refractivity contribution in [1.29, 1.82) is 0 Å². The summed E-state index contributed by atoms with van der Waals surface area (Å²) in [6, 6.07) is 7.56. The number of hydrogen-bond donors (Lipinski definition) is 1. The fourth-order valence-electron chi connectivity index (χ4n) is 1.31. The van der Waals surface area contributed by atoms with Gasteiger partial charge in [0.05, 0.1) is 5.56 Å². The molecule has 0 saturated heterocycles. The minimum absolute atomic E-state index is 0.00464. The fraction of sp³-hybridized carbons (Fsp3) is 0. The Morgan fingerprint density at radius 1 is 1.24 bits per heavy atom. The van der Waals surface area contributed by atoms with Gasteiger partial charge >= 0.3 is 0 Å². The largest absolute Gasteiger partial charge is 0.322 e. The standard InChI is InChI=1S/C12H8BrFN2O/c13-8-1-2-10(11(14)7-8)12(17)16-9-3-5-15-6-4-9/h1-7H,(H,15,16,17). The summed E-state index contributed by atoms with van der Waals surface area (Å²) >= 11 is 3.13. The maximum atomic E-state index is 13.5. The number of halogens is 2. The van der Waals surface area contributed by atoms with Gasteiger partial charge in [-0.25, -0.2) is 4.39 Å². The van der Waals surface area contributed by atoms with Gasteiger partial charge in [-0.2, -0.15) is 0 Å². The molecule has 2 aromatic rings. The lowest BCUT2D eigenvalue weighted by Gasteiger charge is -2.05. The van der Waals surface area contributed by atoms with Crippen molar-refractivity contribution in [3.05, 3.63) is 58.6 Å². The number of anilines is 1. The topological polar surface area (TPSA) is 42.0 Å². The third-order valence-electron chi connectivity index (χ3n) is 2.11. The Labute approximate surface area is 106 Å². The highest BCUT2D eigenvalue weighted by Crippen LogP contribution is 2.16. The van der Waals surface area contributed by atoms with Gasteiger partial charge in [0.15, 0.2) is 0 Å². The van der Waals surface area contributed by atoms with Gasteiger partial charge in [0.1, 0.15) is 5.82 Å². The van der Waals surface area contributed by atoms with Crippen LogP contribution in [0.4, 0.5) is 10.1 Å². The fourth-order valence-corrected chi connectivity index (χ4v) is 1.64. The Bertz CT molecular complexity index is 545. The highest BCUT2D eigenvalue weighted by Gasteiger charge is 2.11. The van der Waals surface area contributed by atoms with Crippen molar-refractivity contribution in [3.63, 3.8) is 0 Å². The zero-order valence-corrected chi connectivity index (χ0v) is 10.2. The summed E-state index contributed by atoms with van der Waals surface area (Å²) < 4.78 is 14.1. The smallest absolute Gasteiger partial charge is 0.258 e. The highest BCUT2D eigenvalue weighted by molar-refractivity contribution is 9.10. The molecular weight excluding hydrogens is 287 g/mol. The molecule has 0 aliphatic carbocycles. The van der Waals surface area contributed by atoms with Crippen LogP contribution >= 0.6 is 15.9 Å². The van der Waals surface area contributed by atoms with E-state index < -0.39 is 11.7 Å². The van der Waals surface area contributed by atoms with Crippen molar-refractivity contribution < 1.29 is 9.18 Å². The Morgan fingerprint density at radius 3 is 2.59 bits per heavy atom. The van der Waals surface area contributed by atoms with Crippen molar-refractivity contribution in [1.82, 2.24) is 4.98 Å². The monoisotopic (exact) mass is 294 g/mol. The summed E-state index contributed by atoms with van der Waals surface area (Å²) in [5.74, 6) is -1.05. The number of nitrogens with one attached hydrogen (secondary N) is 1. The van der Waals surface area contributed by atoms with E-state index in [0.29, 0.717) is 10.2 Å². The second kappa shape index (κ2) is 5.05. The van der Waals surface area contributed by atoms with Gasteiger partial charge in [-0.15, -0.1) is 0 Å². The quantitative estimate of drug-likeness (QED) is 0.924. The van der Waals surface area contributed by atoms with E-state index in [2.05, 4.69) is 26.2 Å². The number of rotatable bonds is 2. The molecule has 0 spiro atoms. The molecule has 3 nitrogen and oxygen atoms in total. The molecule has 0 radical (unpaired) electrons. The summed E-state index contributed by atoms with van der Waals surface area (Å²) in [5, 5.41) is 2.58. The van der Waals surface area contributed by atoms with E-state index in [9.17, 15) is 9.18 Å². The van der Waals surface area contributed by atoms with Crippen molar-refractivity contribution in [2.75, 3.05) is 5.32 Å². The summed E-state index contributed by atoms with van der Waals surface area (Å²) in [7, 11) is 0. The Kier molecular flexibility index (Phi) is 3.49. The van der Waals surface area contributed by atoms with Crippen molar-refractivity contribution in [2.45, 2.75) is 0 Å². The first-order chi connectivity index (χ1) is 8.16. The minimum Gasteiger partial charge on any atom is -0.322 e. The summed E-state index contributed by atoms with van der Waals surface area (Å²) in [5.41, 5.74) is 0.581. The Balaban J connectivity index is 2.21. The van der Waals surface area contributed by atoms with E-state index in [1.807, 2.05) is 0 Å². The van der Waals surface area contributed by atoms with Crippen LogP contribution in [-0.2, 0) is 0 Å². The van der Waals surface area contributed by atoms with Gasteiger partial charge < -0.3 is 5.32 Å². The molecule has 0 unspecified atom stereocenters. The van der Waals surface area contributed by atoms with Crippen LogP contribution in [0.1, 0.15) is 10.4 Å². The van der Waals surface area contributed by atoms with E-state index in [-0.39, 0.29) is 5.56 Å². The van der Waals surface area contributed by atoms with Crippen LogP contribution in [0.2, 0.25) is 0 Å². The second-order valence-electron chi connectivity index (χ2n) is 3.31. The van der Waals surface area contributed by atoms with Gasteiger partial charge in [0.25, 0.3) is 5.91 Å². The number of hydrogen-bond acceptors (Lipinski definition) is 2. The molecular formula is C12H8BrFN2O. The van der Waals surface area contributed by atoms with Gasteiger partial charge in [-0.3, -0.25) is 9.78 Å². The Hall–Kier alpha value is -1.75. The third-order valence-corrected chi connectivity index (χ3v) is 2.61. The number of carbonyl (C=O) groups excluding carboxylic acids is 1. The van der Waals surface area contributed by atoms with E-state index >= 15 is 0 Å². The highest BCUT2D eigenvalue weighted by atomic mass is 79.9. The molecule has 1 N–H and O–H groups in total. The lowest BCUT2D eigenvalue weighted by atomic mass is 10.2. The van der Waals surface area contributed by atoms with Gasteiger partial charge in [-0.05, 0) is 30.3 Å². The predicted molar refractivity (Wildman–Crippen MR) is 66.3 cm³/mol. The molecule has 86 valence electrons. The molecule has 0 aliphatic heterocycles. The normalized spacial score (nSPS) is 10.0. The van der Waals surface area contributed by atoms with Crippen LogP contribution in [0, 0.1) is 5.82 Å². The number of benzene rings is 1. The lowest BCUT2D eigenvalue weighted by molar-refractivity contribution is 0.102. The number of amides is 1. The zero-order valence-electron chi connectivity index (χ0n) is 8.65. The third kappa shape index (κ3) is 2.88. The first-order valence-corrected chi connectivity index (χ1v) is 5.62.